The number of benzene rings is 2. The Morgan fingerprint density at radius 2 is 2.00 bits per heavy atom. The van der Waals surface area contributed by atoms with Gasteiger partial charge in [-0.05, 0) is 43.5 Å². The zero-order valence-corrected chi connectivity index (χ0v) is 20.5. The summed E-state index contributed by atoms with van der Waals surface area (Å²) in [7, 11) is 0. The summed E-state index contributed by atoms with van der Waals surface area (Å²) in [5.74, 6) is -1.31. The molecule has 33 heavy (non-hydrogen) atoms. The highest BCUT2D eigenvalue weighted by Gasteiger charge is 2.37. The minimum atomic E-state index is -0.562. The average Bonchev–Trinajstić information content (AvgIpc) is 3.55. The van der Waals surface area contributed by atoms with Gasteiger partial charge in [0, 0.05) is 34.9 Å². The van der Waals surface area contributed by atoms with Gasteiger partial charge in [0.15, 0.2) is 0 Å². The number of nitrogens with one attached hydrogen (secondary N) is 1. The number of amides is 2. The standard InChI is InChI=1S/C24H24BrClFN3O3/c1-14(31)19-11-29(21-9-16(25)5-8-18(19)21)13-23(33)30(17-6-7-17)12-22(32)28-10-15-3-2-4-20(26)24(15)27/h2-5,8-9,17,19H,6-7,10-13H2,1H3,(H,28,32). The first-order chi connectivity index (χ1) is 15.7. The lowest BCUT2D eigenvalue weighted by Crippen LogP contribution is -2.46. The van der Waals surface area contributed by atoms with E-state index in [2.05, 4.69) is 21.2 Å². The van der Waals surface area contributed by atoms with Crippen molar-refractivity contribution in [2.24, 2.45) is 0 Å². The summed E-state index contributed by atoms with van der Waals surface area (Å²) in [6, 6.07) is 10.4. The van der Waals surface area contributed by atoms with Crippen LogP contribution >= 0.6 is 27.5 Å². The van der Waals surface area contributed by atoms with Gasteiger partial charge in [-0.25, -0.2) is 4.39 Å². The van der Waals surface area contributed by atoms with Gasteiger partial charge >= 0.3 is 0 Å². The van der Waals surface area contributed by atoms with Gasteiger partial charge < -0.3 is 15.1 Å². The molecule has 2 amide bonds. The Morgan fingerprint density at radius 1 is 1.24 bits per heavy atom. The number of nitrogens with zero attached hydrogens (tertiary/aromatic N) is 2. The molecule has 4 rings (SSSR count). The first kappa shape index (κ1) is 23.7. The molecule has 1 N–H and O–H groups in total. The zero-order chi connectivity index (χ0) is 23.7. The van der Waals surface area contributed by atoms with Crippen LogP contribution in [0.1, 0.15) is 36.8 Å². The van der Waals surface area contributed by atoms with Crippen molar-refractivity contribution in [2.75, 3.05) is 24.5 Å². The van der Waals surface area contributed by atoms with Crippen molar-refractivity contribution in [1.29, 1.82) is 0 Å². The molecule has 2 aromatic rings. The van der Waals surface area contributed by atoms with Gasteiger partial charge in [0.1, 0.15) is 11.6 Å². The Hall–Kier alpha value is -2.45. The van der Waals surface area contributed by atoms with Crippen LogP contribution in [0.25, 0.3) is 0 Å². The van der Waals surface area contributed by atoms with Gasteiger partial charge in [-0.1, -0.05) is 45.7 Å². The van der Waals surface area contributed by atoms with Crippen molar-refractivity contribution in [3.8, 4) is 0 Å². The maximum absolute atomic E-state index is 14.1. The topological polar surface area (TPSA) is 69.7 Å². The number of rotatable bonds is 8. The molecule has 0 saturated heterocycles. The predicted molar refractivity (Wildman–Crippen MR) is 128 cm³/mol. The SMILES string of the molecule is CC(=O)C1CN(CC(=O)N(CC(=O)NCc2cccc(Cl)c2F)C2CC2)c2cc(Br)ccc21. The van der Waals surface area contributed by atoms with Crippen LogP contribution in [0.2, 0.25) is 5.02 Å². The summed E-state index contributed by atoms with van der Waals surface area (Å²) in [5, 5.41) is 2.68. The quantitative estimate of drug-likeness (QED) is 0.553. The van der Waals surface area contributed by atoms with E-state index in [1.165, 1.54) is 6.07 Å². The Kier molecular flexibility index (Phi) is 7.05. The first-order valence-electron chi connectivity index (χ1n) is 10.8. The molecule has 1 unspecified atom stereocenters. The third-order valence-corrected chi connectivity index (χ3v) is 6.84. The number of carbonyl (C=O) groups excluding carboxylic acids is 3. The molecule has 1 aliphatic heterocycles. The van der Waals surface area contributed by atoms with E-state index in [9.17, 15) is 18.8 Å². The Balaban J connectivity index is 1.41. The fraction of sp³-hybridized carbons (Fsp3) is 0.375. The fourth-order valence-corrected chi connectivity index (χ4v) is 4.69. The van der Waals surface area contributed by atoms with Gasteiger partial charge in [0.05, 0.1) is 24.0 Å². The van der Waals surface area contributed by atoms with E-state index in [1.54, 1.807) is 24.0 Å². The van der Waals surface area contributed by atoms with Crippen molar-refractivity contribution in [1.82, 2.24) is 10.2 Å². The van der Waals surface area contributed by atoms with Crippen LogP contribution in [-0.4, -0.2) is 48.2 Å². The maximum Gasteiger partial charge on any atom is 0.242 e. The molecule has 174 valence electrons. The van der Waals surface area contributed by atoms with Crippen LogP contribution in [0.4, 0.5) is 10.1 Å². The lowest BCUT2D eigenvalue weighted by Gasteiger charge is -2.26. The average molecular weight is 537 g/mol. The molecule has 1 saturated carbocycles. The first-order valence-corrected chi connectivity index (χ1v) is 12.0. The number of hydrogen-bond acceptors (Lipinski definition) is 4. The van der Waals surface area contributed by atoms with Gasteiger partial charge in [-0.3, -0.25) is 14.4 Å². The Labute approximate surface area is 205 Å². The molecule has 1 heterocycles. The van der Waals surface area contributed by atoms with Crippen LogP contribution in [-0.2, 0) is 20.9 Å². The van der Waals surface area contributed by atoms with Gasteiger partial charge in [0.25, 0.3) is 0 Å². The summed E-state index contributed by atoms with van der Waals surface area (Å²) < 4.78 is 14.9. The van der Waals surface area contributed by atoms with E-state index in [4.69, 9.17) is 11.6 Å². The summed E-state index contributed by atoms with van der Waals surface area (Å²) in [6.45, 7) is 1.98. The zero-order valence-electron chi connectivity index (χ0n) is 18.1. The highest BCUT2D eigenvalue weighted by atomic mass is 79.9. The van der Waals surface area contributed by atoms with Gasteiger partial charge in [-0.2, -0.15) is 0 Å². The molecule has 1 fully saturated rings. The number of ketones is 1. The van der Waals surface area contributed by atoms with E-state index in [1.807, 2.05) is 23.1 Å². The van der Waals surface area contributed by atoms with Crippen LogP contribution in [0.5, 0.6) is 0 Å². The molecule has 2 aliphatic rings. The molecular weight excluding hydrogens is 513 g/mol. The third kappa shape index (κ3) is 5.38. The molecule has 6 nitrogen and oxygen atoms in total. The molecule has 9 heteroatoms. The van der Waals surface area contributed by atoms with Crippen molar-refractivity contribution in [2.45, 2.75) is 38.3 Å². The monoisotopic (exact) mass is 535 g/mol. The molecule has 2 aromatic carbocycles. The summed E-state index contributed by atoms with van der Waals surface area (Å²) in [6.07, 6.45) is 1.69. The van der Waals surface area contributed by atoms with Crippen LogP contribution in [0.3, 0.4) is 0 Å². The highest BCUT2D eigenvalue weighted by Crippen LogP contribution is 2.38. The molecule has 0 radical (unpaired) electrons. The van der Waals surface area contributed by atoms with E-state index in [0.29, 0.717) is 6.54 Å². The summed E-state index contributed by atoms with van der Waals surface area (Å²) >= 11 is 9.25. The van der Waals surface area contributed by atoms with E-state index in [0.717, 1.165) is 28.6 Å². The summed E-state index contributed by atoms with van der Waals surface area (Å²) in [5.41, 5.74) is 2.06. The third-order valence-electron chi connectivity index (χ3n) is 6.06. The smallest absolute Gasteiger partial charge is 0.242 e. The number of fused-ring (bicyclic) bond motifs is 1. The van der Waals surface area contributed by atoms with Crippen LogP contribution in [0.15, 0.2) is 40.9 Å². The normalized spacial score (nSPS) is 17.0. The number of halogens is 3. The van der Waals surface area contributed by atoms with Crippen LogP contribution in [0, 0.1) is 5.82 Å². The molecule has 1 atom stereocenters. The van der Waals surface area contributed by atoms with Crippen molar-refractivity contribution >= 4 is 50.8 Å². The number of Topliss-reactive ketones (excluding diaryl/α,β-unsaturated/α-hetero) is 1. The Morgan fingerprint density at radius 3 is 2.70 bits per heavy atom. The molecule has 0 aromatic heterocycles. The van der Waals surface area contributed by atoms with E-state index < -0.39 is 5.82 Å². The predicted octanol–water partition coefficient (Wildman–Crippen LogP) is 4.04. The highest BCUT2D eigenvalue weighted by molar-refractivity contribution is 9.10. The number of anilines is 1. The number of carbonyl (C=O) groups is 3. The lowest BCUT2D eigenvalue weighted by atomic mass is 9.98. The van der Waals surface area contributed by atoms with Crippen molar-refractivity contribution in [3.63, 3.8) is 0 Å². The van der Waals surface area contributed by atoms with Crippen molar-refractivity contribution in [3.05, 3.63) is 62.8 Å². The van der Waals surface area contributed by atoms with Crippen LogP contribution < -0.4 is 10.2 Å². The summed E-state index contributed by atoms with van der Waals surface area (Å²) in [4.78, 5) is 41.4. The molecular formula is C24H24BrClFN3O3. The Bertz CT molecular complexity index is 1110. The molecule has 0 spiro atoms. The number of hydrogen-bond donors (Lipinski definition) is 1. The van der Waals surface area contributed by atoms with E-state index in [-0.39, 0.29) is 59.8 Å². The van der Waals surface area contributed by atoms with Gasteiger partial charge in [0.2, 0.25) is 11.8 Å². The minimum absolute atomic E-state index is 0.00192. The van der Waals surface area contributed by atoms with Crippen molar-refractivity contribution < 1.29 is 18.8 Å². The largest absolute Gasteiger partial charge is 0.361 e. The molecule has 0 bridgehead atoms. The maximum atomic E-state index is 14.1. The lowest BCUT2D eigenvalue weighted by molar-refractivity contribution is -0.135. The second-order valence-electron chi connectivity index (χ2n) is 8.49. The molecule has 1 aliphatic carbocycles. The second kappa shape index (κ2) is 9.81. The second-order valence-corrected chi connectivity index (χ2v) is 9.81. The van der Waals surface area contributed by atoms with E-state index >= 15 is 0 Å². The van der Waals surface area contributed by atoms with Gasteiger partial charge in [-0.15, -0.1) is 0 Å². The minimum Gasteiger partial charge on any atom is -0.361 e. The fourth-order valence-electron chi connectivity index (χ4n) is 4.15.